The Morgan fingerprint density at radius 1 is 1.42 bits per heavy atom. The lowest BCUT2D eigenvalue weighted by atomic mass is 10.2. The van der Waals surface area contributed by atoms with E-state index in [1.165, 1.54) is 11.3 Å². The van der Waals surface area contributed by atoms with Crippen LogP contribution in [0.4, 0.5) is 5.69 Å². The van der Waals surface area contributed by atoms with Crippen LogP contribution in [-0.2, 0) is 0 Å². The Morgan fingerprint density at radius 2 is 1.92 bits per heavy atom. The highest BCUT2D eigenvalue weighted by atomic mass is 35.5. The minimum Gasteiger partial charge on any atom is -0.478 e. The van der Waals surface area contributed by atoms with Gasteiger partial charge < -0.3 is 10.8 Å². The molecule has 0 radical (unpaired) electrons. The zero-order chi connectivity index (χ0) is 8.59. The largest absolute Gasteiger partial charge is 0.478 e. The number of thiophene rings is 1. The van der Waals surface area contributed by atoms with Gasteiger partial charge in [-0.2, -0.15) is 0 Å². The van der Waals surface area contributed by atoms with Crippen molar-refractivity contribution < 1.29 is 9.90 Å². The molecule has 5 heteroatoms. The number of carboxylic acid groups (broad SMARTS) is 1. The average molecular weight is 208 g/mol. The van der Waals surface area contributed by atoms with Gasteiger partial charge in [-0.1, -0.05) is 0 Å². The number of aromatic carboxylic acids is 1. The molecule has 1 rings (SSSR count). The molecule has 12 heavy (non-hydrogen) atoms. The predicted molar refractivity (Wildman–Crippen MR) is 52.4 cm³/mol. The van der Waals surface area contributed by atoms with Gasteiger partial charge in [-0.3, -0.25) is 0 Å². The van der Waals surface area contributed by atoms with Gasteiger partial charge in [0.05, 0.1) is 11.3 Å². The number of anilines is 1. The van der Waals surface area contributed by atoms with Gasteiger partial charge in [0.2, 0.25) is 0 Å². The molecule has 0 saturated carbocycles. The zero-order valence-electron chi connectivity index (χ0n) is 6.75. The SMILES string of the molecule is Cc1sc(C)c(C(=O)O)c1N.Cl. The van der Waals surface area contributed by atoms with E-state index in [1.807, 2.05) is 6.92 Å². The summed E-state index contributed by atoms with van der Waals surface area (Å²) in [6.07, 6.45) is 0. The van der Waals surface area contributed by atoms with Gasteiger partial charge in [-0.25, -0.2) is 4.79 Å². The number of hydrogen-bond donors (Lipinski definition) is 2. The fraction of sp³-hybridized carbons (Fsp3) is 0.286. The summed E-state index contributed by atoms with van der Waals surface area (Å²) in [6.45, 7) is 3.58. The first-order valence-electron chi connectivity index (χ1n) is 3.12. The van der Waals surface area contributed by atoms with E-state index in [9.17, 15) is 4.79 Å². The fourth-order valence-electron chi connectivity index (χ4n) is 0.967. The summed E-state index contributed by atoms with van der Waals surface area (Å²) in [7, 11) is 0. The molecule has 1 aromatic rings. The average Bonchev–Trinajstić information content (AvgIpc) is 2.07. The highest BCUT2D eigenvalue weighted by Gasteiger charge is 2.15. The number of hydrogen-bond acceptors (Lipinski definition) is 3. The molecular formula is C7H10ClNO2S. The third-order valence-electron chi connectivity index (χ3n) is 1.52. The van der Waals surface area contributed by atoms with Crippen LogP contribution in [0, 0.1) is 13.8 Å². The van der Waals surface area contributed by atoms with Gasteiger partial charge in [0.25, 0.3) is 0 Å². The van der Waals surface area contributed by atoms with Gasteiger partial charge in [0, 0.05) is 9.75 Å². The monoisotopic (exact) mass is 207 g/mol. The molecule has 0 unspecified atom stereocenters. The van der Waals surface area contributed by atoms with Crippen molar-refractivity contribution in [3.05, 3.63) is 15.3 Å². The maximum Gasteiger partial charge on any atom is 0.338 e. The third kappa shape index (κ3) is 1.70. The first-order chi connectivity index (χ1) is 5.04. The molecular weight excluding hydrogens is 198 g/mol. The molecule has 0 saturated heterocycles. The summed E-state index contributed by atoms with van der Waals surface area (Å²) < 4.78 is 0. The number of carbonyl (C=O) groups is 1. The van der Waals surface area contributed by atoms with Crippen LogP contribution in [0.25, 0.3) is 0 Å². The second-order valence-electron chi connectivity index (χ2n) is 2.31. The molecule has 0 bridgehead atoms. The number of carboxylic acids is 1. The normalized spacial score (nSPS) is 9.17. The molecule has 0 amide bonds. The van der Waals surface area contributed by atoms with Crippen molar-refractivity contribution in [3.63, 3.8) is 0 Å². The summed E-state index contributed by atoms with van der Waals surface area (Å²) in [4.78, 5) is 12.2. The van der Waals surface area contributed by atoms with Crippen molar-refractivity contribution in [2.24, 2.45) is 0 Å². The first-order valence-corrected chi connectivity index (χ1v) is 3.94. The van der Waals surface area contributed by atoms with Gasteiger partial charge in [-0.05, 0) is 13.8 Å². The van der Waals surface area contributed by atoms with Crippen LogP contribution in [0.2, 0.25) is 0 Å². The van der Waals surface area contributed by atoms with E-state index in [2.05, 4.69) is 0 Å². The summed E-state index contributed by atoms with van der Waals surface area (Å²) in [5, 5.41) is 8.69. The lowest BCUT2D eigenvalue weighted by molar-refractivity contribution is 0.0698. The molecule has 0 aliphatic heterocycles. The van der Waals surface area contributed by atoms with Crippen molar-refractivity contribution in [2.75, 3.05) is 5.73 Å². The Kier molecular flexibility index (Phi) is 3.55. The van der Waals surface area contributed by atoms with Gasteiger partial charge in [-0.15, -0.1) is 23.7 Å². The first kappa shape index (κ1) is 11.3. The minimum absolute atomic E-state index is 0. The third-order valence-corrected chi connectivity index (χ3v) is 2.56. The molecule has 1 heterocycles. The summed E-state index contributed by atoms with van der Waals surface area (Å²) >= 11 is 1.42. The maximum absolute atomic E-state index is 10.6. The predicted octanol–water partition coefficient (Wildman–Crippen LogP) is 2.07. The van der Waals surface area contributed by atoms with Gasteiger partial charge in [0.15, 0.2) is 0 Å². The molecule has 0 atom stereocenters. The second kappa shape index (κ2) is 3.78. The summed E-state index contributed by atoms with van der Waals surface area (Å²) in [5.41, 5.74) is 6.19. The van der Waals surface area contributed by atoms with Crippen LogP contribution in [0.3, 0.4) is 0 Å². The van der Waals surface area contributed by atoms with E-state index in [-0.39, 0.29) is 18.0 Å². The standard InChI is InChI=1S/C7H9NO2S.ClH/c1-3-5(7(9)10)6(8)4(2)11-3;/h8H2,1-2H3,(H,9,10);1H. The zero-order valence-corrected chi connectivity index (χ0v) is 8.38. The Hall–Kier alpha value is -0.740. The van der Waals surface area contributed by atoms with Gasteiger partial charge >= 0.3 is 5.97 Å². The van der Waals surface area contributed by atoms with Crippen LogP contribution in [0.15, 0.2) is 0 Å². The maximum atomic E-state index is 10.6. The molecule has 0 aliphatic carbocycles. The molecule has 1 aromatic heterocycles. The summed E-state index contributed by atoms with van der Waals surface area (Å²) in [6, 6.07) is 0. The lowest BCUT2D eigenvalue weighted by Gasteiger charge is -1.93. The Morgan fingerprint density at radius 3 is 2.08 bits per heavy atom. The highest BCUT2D eigenvalue weighted by Crippen LogP contribution is 2.29. The van der Waals surface area contributed by atoms with Crippen molar-refractivity contribution in [2.45, 2.75) is 13.8 Å². The molecule has 68 valence electrons. The Labute approximate surface area is 80.6 Å². The smallest absolute Gasteiger partial charge is 0.338 e. The van der Waals surface area contributed by atoms with Crippen molar-refractivity contribution in [1.82, 2.24) is 0 Å². The highest BCUT2D eigenvalue weighted by molar-refractivity contribution is 7.12. The quantitative estimate of drug-likeness (QED) is 0.741. The van der Waals surface area contributed by atoms with Crippen LogP contribution in [0.1, 0.15) is 20.1 Å². The summed E-state index contributed by atoms with van der Waals surface area (Å²) in [5.74, 6) is -0.940. The molecule has 3 nitrogen and oxygen atoms in total. The van der Waals surface area contributed by atoms with E-state index < -0.39 is 5.97 Å². The number of aryl methyl sites for hydroxylation is 2. The van der Waals surface area contributed by atoms with Crippen LogP contribution in [0.5, 0.6) is 0 Å². The number of nitrogens with two attached hydrogens (primary N) is 1. The molecule has 0 fully saturated rings. The molecule has 0 spiro atoms. The Balaban J connectivity index is 0.00000121. The lowest BCUT2D eigenvalue weighted by Crippen LogP contribution is -2.00. The second-order valence-corrected chi connectivity index (χ2v) is 3.74. The van der Waals surface area contributed by atoms with Crippen LogP contribution < -0.4 is 5.73 Å². The molecule has 3 N–H and O–H groups in total. The minimum atomic E-state index is -0.940. The van der Waals surface area contributed by atoms with E-state index in [0.717, 1.165) is 9.75 Å². The van der Waals surface area contributed by atoms with Crippen molar-refractivity contribution in [3.8, 4) is 0 Å². The Bertz CT molecular complexity index is 309. The molecule has 0 aliphatic rings. The van der Waals surface area contributed by atoms with E-state index in [0.29, 0.717) is 5.69 Å². The fourth-order valence-corrected chi connectivity index (χ4v) is 1.94. The topological polar surface area (TPSA) is 63.3 Å². The van der Waals surface area contributed by atoms with Gasteiger partial charge in [0.1, 0.15) is 0 Å². The van der Waals surface area contributed by atoms with Crippen LogP contribution in [-0.4, -0.2) is 11.1 Å². The number of rotatable bonds is 1. The van der Waals surface area contributed by atoms with E-state index in [1.54, 1.807) is 6.92 Å². The van der Waals surface area contributed by atoms with E-state index in [4.69, 9.17) is 10.8 Å². The van der Waals surface area contributed by atoms with Crippen molar-refractivity contribution in [1.29, 1.82) is 0 Å². The number of nitrogen functional groups attached to an aromatic ring is 1. The van der Waals surface area contributed by atoms with Crippen molar-refractivity contribution >= 4 is 35.4 Å². The molecule has 0 aromatic carbocycles. The van der Waals surface area contributed by atoms with Crippen LogP contribution >= 0.6 is 23.7 Å². The number of halogens is 1. The van der Waals surface area contributed by atoms with E-state index >= 15 is 0 Å².